The summed E-state index contributed by atoms with van der Waals surface area (Å²) in [4.78, 5) is 0. The van der Waals surface area contributed by atoms with Crippen LogP contribution in [0.4, 0.5) is 8.78 Å². The maximum Gasteiger partial charge on any atom is 0.129 e. The van der Waals surface area contributed by atoms with Crippen LogP contribution in [-0.4, -0.2) is 0 Å². The van der Waals surface area contributed by atoms with Gasteiger partial charge in [-0.2, -0.15) is 0 Å². The lowest BCUT2D eigenvalue weighted by atomic mass is 10.1. The highest BCUT2D eigenvalue weighted by molar-refractivity contribution is 5.23. The minimum atomic E-state index is -0.475. The Morgan fingerprint density at radius 1 is 0.786 bits per heavy atom. The molecule has 0 fully saturated rings. The molecular formula is C12H20F2. The van der Waals surface area contributed by atoms with E-state index in [-0.39, 0.29) is 5.56 Å². The molecule has 0 radical (unpaired) electrons. The van der Waals surface area contributed by atoms with Gasteiger partial charge in [0.1, 0.15) is 11.6 Å². The summed E-state index contributed by atoms with van der Waals surface area (Å²) >= 11 is 0. The Hall–Kier alpha value is -0.920. The lowest BCUT2D eigenvalue weighted by Crippen LogP contribution is -1.88. The largest absolute Gasteiger partial charge is 0.207 e. The van der Waals surface area contributed by atoms with E-state index in [4.69, 9.17) is 0 Å². The van der Waals surface area contributed by atoms with Gasteiger partial charge in [0.2, 0.25) is 0 Å². The summed E-state index contributed by atoms with van der Waals surface area (Å²) in [6.07, 6.45) is 0. The van der Waals surface area contributed by atoms with Crippen molar-refractivity contribution in [2.75, 3.05) is 0 Å². The zero-order valence-electron chi connectivity index (χ0n) is 9.91. The van der Waals surface area contributed by atoms with Crippen LogP contribution in [0.25, 0.3) is 0 Å². The topological polar surface area (TPSA) is 0 Å². The number of aryl methyl sites for hydroxylation is 1. The third-order valence-electron chi connectivity index (χ3n) is 1.43. The minimum absolute atomic E-state index is 0.0885. The van der Waals surface area contributed by atoms with Gasteiger partial charge in [-0.25, -0.2) is 8.78 Å². The van der Waals surface area contributed by atoms with E-state index in [0.717, 1.165) is 0 Å². The van der Waals surface area contributed by atoms with E-state index in [0.29, 0.717) is 5.56 Å². The van der Waals surface area contributed by atoms with Gasteiger partial charge in [-0.15, -0.1) is 0 Å². The molecule has 0 aliphatic rings. The van der Waals surface area contributed by atoms with E-state index in [1.54, 1.807) is 6.92 Å². The molecule has 0 heterocycles. The van der Waals surface area contributed by atoms with Crippen LogP contribution in [0.3, 0.4) is 0 Å². The molecule has 0 amide bonds. The van der Waals surface area contributed by atoms with Crippen LogP contribution < -0.4 is 0 Å². The summed E-state index contributed by atoms with van der Waals surface area (Å²) in [5.74, 6) is -0.949. The second kappa shape index (κ2) is 8.67. The summed E-state index contributed by atoms with van der Waals surface area (Å²) in [5.41, 5.74) is 0.700. The van der Waals surface area contributed by atoms with Crippen molar-refractivity contribution in [1.29, 1.82) is 0 Å². The van der Waals surface area contributed by atoms with Gasteiger partial charge in [-0.1, -0.05) is 27.7 Å². The predicted molar refractivity (Wildman–Crippen MR) is 58.5 cm³/mol. The quantitative estimate of drug-likeness (QED) is 0.575. The average Bonchev–Trinajstić information content (AvgIpc) is 2.20. The van der Waals surface area contributed by atoms with Crippen molar-refractivity contribution in [1.82, 2.24) is 0 Å². The molecule has 14 heavy (non-hydrogen) atoms. The molecule has 1 aromatic carbocycles. The van der Waals surface area contributed by atoms with Gasteiger partial charge in [0.15, 0.2) is 0 Å². The average molecular weight is 202 g/mol. The van der Waals surface area contributed by atoms with Crippen LogP contribution in [0.5, 0.6) is 0 Å². The molecule has 2 heteroatoms. The maximum absolute atomic E-state index is 12.6. The van der Waals surface area contributed by atoms with Crippen LogP contribution in [0.2, 0.25) is 0 Å². The highest BCUT2D eigenvalue weighted by atomic mass is 19.1. The summed E-state index contributed by atoms with van der Waals surface area (Å²) < 4.78 is 25.2. The van der Waals surface area contributed by atoms with Crippen molar-refractivity contribution < 1.29 is 8.78 Å². The molecule has 0 saturated carbocycles. The van der Waals surface area contributed by atoms with Gasteiger partial charge < -0.3 is 0 Å². The third-order valence-corrected chi connectivity index (χ3v) is 1.43. The lowest BCUT2D eigenvalue weighted by Gasteiger charge is -1.98. The molecule has 82 valence electrons. The summed E-state index contributed by atoms with van der Waals surface area (Å²) in [5, 5.41) is 0. The van der Waals surface area contributed by atoms with Gasteiger partial charge in [-0.05, 0) is 31.5 Å². The van der Waals surface area contributed by atoms with Crippen LogP contribution in [0, 0.1) is 25.5 Å². The van der Waals surface area contributed by atoms with Crippen molar-refractivity contribution in [2.24, 2.45) is 0 Å². The molecule has 0 aromatic heterocycles. The first kappa shape index (κ1) is 15.5. The molecule has 0 spiro atoms. The first-order valence-corrected chi connectivity index (χ1v) is 5.03. The third kappa shape index (κ3) is 4.95. The number of benzene rings is 1. The molecule has 0 bridgehead atoms. The standard InChI is InChI=1S/C8H8F2.2C2H6/c1-5-3-7(9)6(2)8(10)4-5;2*1-2/h3-4H,1-2H3;2*1-2H3. The smallest absolute Gasteiger partial charge is 0.129 e. The van der Waals surface area contributed by atoms with Crippen LogP contribution >= 0.6 is 0 Å². The van der Waals surface area contributed by atoms with Gasteiger partial charge in [0, 0.05) is 5.56 Å². The van der Waals surface area contributed by atoms with Crippen LogP contribution in [0.15, 0.2) is 12.1 Å². The van der Waals surface area contributed by atoms with Crippen molar-refractivity contribution >= 4 is 0 Å². The second-order valence-electron chi connectivity index (χ2n) is 2.35. The molecule has 0 atom stereocenters. The van der Waals surface area contributed by atoms with Gasteiger partial charge >= 0.3 is 0 Å². The first-order chi connectivity index (χ1) is 6.61. The first-order valence-electron chi connectivity index (χ1n) is 5.03. The van der Waals surface area contributed by atoms with Crippen molar-refractivity contribution in [3.8, 4) is 0 Å². The number of hydrogen-bond acceptors (Lipinski definition) is 0. The Morgan fingerprint density at radius 3 is 1.36 bits per heavy atom. The van der Waals surface area contributed by atoms with E-state index in [1.807, 2.05) is 27.7 Å². The van der Waals surface area contributed by atoms with Crippen molar-refractivity contribution in [3.63, 3.8) is 0 Å². The van der Waals surface area contributed by atoms with Gasteiger partial charge in [0.25, 0.3) is 0 Å². The zero-order valence-corrected chi connectivity index (χ0v) is 9.91. The van der Waals surface area contributed by atoms with Crippen molar-refractivity contribution in [2.45, 2.75) is 41.5 Å². The fourth-order valence-corrected chi connectivity index (χ4v) is 0.772. The molecule has 0 unspecified atom stereocenters. The molecule has 1 aromatic rings. The molecule has 0 saturated heterocycles. The molecule has 0 aliphatic carbocycles. The maximum atomic E-state index is 12.6. The minimum Gasteiger partial charge on any atom is -0.207 e. The molecule has 0 aliphatic heterocycles. The summed E-state index contributed by atoms with van der Waals surface area (Å²) in [6, 6.07) is 2.64. The SMILES string of the molecule is CC.CC.Cc1cc(F)c(C)c(F)c1. The van der Waals surface area contributed by atoms with E-state index in [2.05, 4.69) is 0 Å². The van der Waals surface area contributed by atoms with Crippen molar-refractivity contribution in [3.05, 3.63) is 34.9 Å². The second-order valence-corrected chi connectivity index (χ2v) is 2.35. The Morgan fingerprint density at radius 2 is 1.07 bits per heavy atom. The molecule has 1 rings (SSSR count). The van der Waals surface area contributed by atoms with E-state index in [1.165, 1.54) is 19.1 Å². The highest BCUT2D eigenvalue weighted by Crippen LogP contribution is 2.12. The van der Waals surface area contributed by atoms with E-state index >= 15 is 0 Å². The van der Waals surface area contributed by atoms with Gasteiger partial charge in [0.05, 0.1) is 0 Å². The Bertz CT molecular complexity index is 231. The molecular weight excluding hydrogens is 182 g/mol. The normalized spacial score (nSPS) is 8.00. The zero-order chi connectivity index (χ0) is 11.7. The molecule has 0 nitrogen and oxygen atoms in total. The number of hydrogen-bond donors (Lipinski definition) is 0. The fraction of sp³-hybridized carbons (Fsp3) is 0.500. The number of halogens is 2. The number of rotatable bonds is 0. The van der Waals surface area contributed by atoms with Gasteiger partial charge in [-0.3, -0.25) is 0 Å². The highest BCUT2D eigenvalue weighted by Gasteiger charge is 2.02. The Balaban J connectivity index is 0. The monoisotopic (exact) mass is 202 g/mol. The summed E-state index contributed by atoms with van der Waals surface area (Å²) in [6.45, 7) is 11.1. The van der Waals surface area contributed by atoms with E-state index < -0.39 is 11.6 Å². The predicted octanol–water partition coefficient (Wildman–Crippen LogP) is 4.63. The molecule has 0 N–H and O–H groups in total. The van der Waals surface area contributed by atoms with E-state index in [9.17, 15) is 8.78 Å². The summed E-state index contributed by atoms with van der Waals surface area (Å²) in [7, 11) is 0. The van der Waals surface area contributed by atoms with Crippen LogP contribution in [-0.2, 0) is 0 Å². The lowest BCUT2D eigenvalue weighted by molar-refractivity contribution is 0.566. The Kier molecular flexibility index (Phi) is 9.63. The fourth-order valence-electron chi connectivity index (χ4n) is 0.772. The van der Waals surface area contributed by atoms with Crippen LogP contribution in [0.1, 0.15) is 38.8 Å². The Labute approximate surface area is 86.0 Å².